The molecule has 1 aliphatic heterocycles. The van der Waals surface area contributed by atoms with Gasteiger partial charge in [-0.25, -0.2) is 0 Å². The Balaban J connectivity index is 1.95. The van der Waals surface area contributed by atoms with Crippen LogP contribution in [0.5, 0.6) is 0 Å². The average Bonchev–Trinajstić information content (AvgIpc) is 2.54. The van der Waals surface area contributed by atoms with Gasteiger partial charge in [0.1, 0.15) is 6.54 Å². The number of rotatable bonds is 1. The minimum atomic E-state index is 0.713. The molecule has 0 aromatic rings. The Morgan fingerprint density at radius 2 is 1.85 bits per heavy atom. The maximum absolute atomic E-state index is 5.38. The second kappa shape index (κ2) is 3.72. The first-order chi connectivity index (χ1) is 6.35. The molecule has 0 aromatic carbocycles. The molecule has 0 bridgehead atoms. The van der Waals surface area contributed by atoms with E-state index in [4.69, 9.17) is 6.42 Å². The van der Waals surface area contributed by atoms with Crippen LogP contribution in [-0.4, -0.2) is 19.6 Å². The normalized spacial score (nSPS) is 31.8. The van der Waals surface area contributed by atoms with Crippen molar-refractivity contribution in [1.82, 2.24) is 0 Å². The van der Waals surface area contributed by atoms with Crippen molar-refractivity contribution >= 4 is 0 Å². The van der Waals surface area contributed by atoms with E-state index in [0.717, 1.165) is 6.54 Å². The molecule has 72 valence electrons. The maximum Gasteiger partial charge on any atom is 0.139 e. The molecule has 2 rings (SSSR count). The summed E-state index contributed by atoms with van der Waals surface area (Å²) in [6.45, 7) is 3.62. The van der Waals surface area contributed by atoms with Gasteiger partial charge in [-0.05, 0) is 31.6 Å². The van der Waals surface area contributed by atoms with E-state index in [-0.39, 0.29) is 0 Å². The lowest BCUT2D eigenvalue weighted by molar-refractivity contribution is -0.905. The molecule has 0 aromatic heterocycles. The van der Waals surface area contributed by atoms with Gasteiger partial charge in [-0.2, -0.15) is 0 Å². The lowest BCUT2D eigenvalue weighted by Gasteiger charge is -2.36. The fourth-order valence-corrected chi connectivity index (χ4v) is 3.27. The Morgan fingerprint density at radius 1 is 1.15 bits per heavy atom. The van der Waals surface area contributed by atoms with Gasteiger partial charge in [-0.15, -0.1) is 6.42 Å². The number of quaternary nitrogens is 1. The van der Waals surface area contributed by atoms with Gasteiger partial charge in [-0.3, -0.25) is 0 Å². The molecule has 0 radical (unpaired) electrons. The van der Waals surface area contributed by atoms with Gasteiger partial charge >= 0.3 is 0 Å². The van der Waals surface area contributed by atoms with E-state index < -0.39 is 0 Å². The molecular formula is C12H20N+. The van der Waals surface area contributed by atoms with E-state index in [1.807, 2.05) is 0 Å². The zero-order valence-electron chi connectivity index (χ0n) is 8.44. The number of hydrogen-bond acceptors (Lipinski definition) is 0. The molecule has 1 saturated carbocycles. The number of likely N-dealkylation sites (tertiary alicyclic amines) is 1. The van der Waals surface area contributed by atoms with Crippen LogP contribution in [0.1, 0.15) is 38.5 Å². The highest BCUT2D eigenvalue weighted by Gasteiger charge is 2.39. The summed E-state index contributed by atoms with van der Waals surface area (Å²) >= 11 is 0. The van der Waals surface area contributed by atoms with Crippen LogP contribution in [0, 0.1) is 17.8 Å². The molecule has 2 aliphatic rings. The van der Waals surface area contributed by atoms with E-state index in [1.165, 1.54) is 51.6 Å². The summed E-state index contributed by atoms with van der Waals surface area (Å²) in [5.74, 6) is 2.81. The van der Waals surface area contributed by atoms with Crippen LogP contribution in [0.3, 0.4) is 0 Å². The predicted octanol–water partition coefficient (Wildman–Crippen LogP) is 0.859. The summed E-state index contributed by atoms with van der Waals surface area (Å²) in [6, 6.07) is 0. The van der Waals surface area contributed by atoms with Crippen LogP contribution >= 0.6 is 0 Å². The van der Waals surface area contributed by atoms with Gasteiger partial charge in [0.05, 0.1) is 13.1 Å². The van der Waals surface area contributed by atoms with Crippen LogP contribution in [-0.2, 0) is 0 Å². The second-order valence-electron chi connectivity index (χ2n) is 4.87. The Kier molecular flexibility index (Phi) is 2.60. The quantitative estimate of drug-likeness (QED) is 0.568. The molecular weight excluding hydrogens is 158 g/mol. The standard InChI is InChI=1S/C12H19N/c1-2-9-13-10-5-8-12(11-13)6-3-4-7-12/h1H,3-11H2/p+1. The zero-order chi connectivity index (χ0) is 9.15. The van der Waals surface area contributed by atoms with Crippen molar-refractivity contribution in [1.29, 1.82) is 0 Å². The minimum Gasteiger partial charge on any atom is -0.324 e. The third-order valence-electron chi connectivity index (χ3n) is 3.88. The van der Waals surface area contributed by atoms with E-state index in [0.29, 0.717) is 5.41 Å². The van der Waals surface area contributed by atoms with Crippen molar-refractivity contribution in [3.05, 3.63) is 0 Å². The maximum atomic E-state index is 5.38. The Bertz CT molecular complexity index is 208. The Hall–Kier alpha value is -0.480. The lowest BCUT2D eigenvalue weighted by Crippen LogP contribution is -3.14. The lowest BCUT2D eigenvalue weighted by atomic mass is 9.78. The first-order valence-corrected chi connectivity index (χ1v) is 5.62. The molecule has 13 heavy (non-hydrogen) atoms. The summed E-state index contributed by atoms with van der Waals surface area (Å²) in [6.07, 6.45) is 14.1. The van der Waals surface area contributed by atoms with Crippen molar-refractivity contribution in [2.75, 3.05) is 19.6 Å². The van der Waals surface area contributed by atoms with Crippen LogP contribution in [0.2, 0.25) is 0 Å². The highest BCUT2D eigenvalue weighted by atomic mass is 15.1. The molecule has 1 aliphatic carbocycles. The number of piperidine rings is 1. The molecule has 1 heterocycles. The molecule has 1 N–H and O–H groups in total. The zero-order valence-corrected chi connectivity index (χ0v) is 8.44. The summed E-state index contributed by atoms with van der Waals surface area (Å²) in [7, 11) is 0. The third-order valence-corrected chi connectivity index (χ3v) is 3.88. The first kappa shape index (κ1) is 9.09. The van der Waals surface area contributed by atoms with Gasteiger partial charge in [0.25, 0.3) is 0 Å². The van der Waals surface area contributed by atoms with E-state index in [9.17, 15) is 0 Å². The largest absolute Gasteiger partial charge is 0.324 e. The van der Waals surface area contributed by atoms with Crippen molar-refractivity contribution in [2.45, 2.75) is 38.5 Å². The Labute approximate surface area is 81.5 Å². The molecule has 1 nitrogen and oxygen atoms in total. The van der Waals surface area contributed by atoms with Gasteiger partial charge in [-0.1, -0.05) is 12.8 Å². The van der Waals surface area contributed by atoms with Crippen molar-refractivity contribution in [2.24, 2.45) is 5.41 Å². The van der Waals surface area contributed by atoms with Gasteiger partial charge in [0.2, 0.25) is 0 Å². The molecule has 0 amide bonds. The third kappa shape index (κ3) is 1.89. The topological polar surface area (TPSA) is 4.44 Å². The Morgan fingerprint density at radius 3 is 2.54 bits per heavy atom. The van der Waals surface area contributed by atoms with Crippen LogP contribution in [0.4, 0.5) is 0 Å². The highest BCUT2D eigenvalue weighted by Crippen LogP contribution is 2.41. The molecule has 2 fully saturated rings. The monoisotopic (exact) mass is 178 g/mol. The molecule has 1 unspecified atom stereocenters. The van der Waals surface area contributed by atoms with Crippen molar-refractivity contribution < 1.29 is 4.90 Å². The SMILES string of the molecule is C#CC[NH+]1CCCC2(CCCC2)C1. The van der Waals surface area contributed by atoms with Gasteiger partial charge in [0.15, 0.2) is 0 Å². The van der Waals surface area contributed by atoms with E-state index in [1.54, 1.807) is 4.90 Å². The first-order valence-electron chi connectivity index (χ1n) is 5.62. The smallest absolute Gasteiger partial charge is 0.139 e. The molecule has 1 spiro atoms. The second-order valence-corrected chi connectivity index (χ2v) is 4.87. The summed E-state index contributed by atoms with van der Waals surface area (Å²) < 4.78 is 0. The van der Waals surface area contributed by atoms with Gasteiger partial charge < -0.3 is 4.90 Å². The van der Waals surface area contributed by atoms with Crippen LogP contribution < -0.4 is 4.90 Å². The number of terminal acetylenes is 1. The minimum absolute atomic E-state index is 0.713. The molecule has 1 heteroatoms. The van der Waals surface area contributed by atoms with Crippen LogP contribution in [0.25, 0.3) is 0 Å². The average molecular weight is 178 g/mol. The van der Waals surface area contributed by atoms with E-state index >= 15 is 0 Å². The van der Waals surface area contributed by atoms with Crippen molar-refractivity contribution in [3.63, 3.8) is 0 Å². The van der Waals surface area contributed by atoms with E-state index in [2.05, 4.69) is 5.92 Å². The number of hydrogen-bond donors (Lipinski definition) is 1. The molecule has 1 saturated heterocycles. The van der Waals surface area contributed by atoms with Crippen LogP contribution in [0.15, 0.2) is 0 Å². The highest BCUT2D eigenvalue weighted by molar-refractivity contribution is 4.88. The summed E-state index contributed by atoms with van der Waals surface area (Å²) in [5, 5.41) is 0. The fourth-order valence-electron chi connectivity index (χ4n) is 3.27. The number of nitrogens with one attached hydrogen (secondary N) is 1. The fraction of sp³-hybridized carbons (Fsp3) is 0.833. The predicted molar refractivity (Wildman–Crippen MR) is 54.5 cm³/mol. The van der Waals surface area contributed by atoms with Gasteiger partial charge in [0, 0.05) is 5.41 Å². The van der Waals surface area contributed by atoms with Crippen molar-refractivity contribution in [3.8, 4) is 12.3 Å². The summed E-state index contributed by atoms with van der Waals surface area (Å²) in [5.41, 5.74) is 0.713. The molecule has 1 atom stereocenters. The summed E-state index contributed by atoms with van der Waals surface area (Å²) in [4.78, 5) is 1.66.